The Balaban J connectivity index is 1.71. The molecule has 26 heavy (non-hydrogen) atoms. The predicted octanol–water partition coefficient (Wildman–Crippen LogP) is 4.80. The molecule has 6 heteroatoms. The highest BCUT2D eigenvalue weighted by atomic mass is 35.5. The maximum absolute atomic E-state index is 12.5. The number of nitrogens with zero attached hydrogens (tertiary/aromatic N) is 2. The zero-order valence-electron chi connectivity index (χ0n) is 14.5. The van der Waals surface area contributed by atoms with Crippen molar-refractivity contribution in [1.82, 2.24) is 4.98 Å². The minimum atomic E-state index is -0.218. The third kappa shape index (κ3) is 4.52. The summed E-state index contributed by atoms with van der Waals surface area (Å²) >= 11 is 5.99. The lowest BCUT2D eigenvalue weighted by molar-refractivity contribution is 0.102. The second-order valence-corrected chi connectivity index (χ2v) is 6.43. The molecule has 5 nitrogen and oxygen atoms in total. The molecule has 2 aromatic carbocycles. The molecule has 0 fully saturated rings. The fourth-order valence-corrected chi connectivity index (χ4v) is 2.60. The smallest absolute Gasteiger partial charge is 0.257 e. The van der Waals surface area contributed by atoms with Crippen molar-refractivity contribution in [2.75, 3.05) is 29.6 Å². The van der Waals surface area contributed by atoms with Gasteiger partial charge in [-0.2, -0.15) is 0 Å². The van der Waals surface area contributed by atoms with Gasteiger partial charge in [0.1, 0.15) is 0 Å². The molecule has 0 radical (unpaired) electrons. The van der Waals surface area contributed by atoms with Crippen molar-refractivity contribution >= 4 is 40.3 Å². The van der Waals surface area contributed by atoms with Crippen LogP contribution in [0.5, 0.6) is 0 Å². The monoisotopic (exact) mass is 366 g/mol. The molecule has 3 rings (SSSR count). The van der Waals surface area contributed by atoms with Crippen LogP contribution in [0.1, 0.15) is 10.4 Å². The first-order valence-corrected chi connectivity index (χ1v) is 8.45. The lowest BCUT2D eigenvalue weighted by Crippen LogP contribution is -2.13. The molecule has 2 N–H and O–H groups in total. The van der Waals surface area contributed by atoms with Crippen molar-refractivity contribution in [3.05, 3.63) is 77.6 Å². The van der Waals surface area contributed by atoms with Crippen molar-refractivity contribution in [2.24, 2.45) is 0 Å². The SMILES string of the molecule is CN(C)c1ccc(NC(=O)c2cncc(Nc3cccc(Cl)c3)c2)cc1. The second-order valence-electron chi connectivity index (χ2n) is 5.99. The zero-order chi connectivity index (χ0) is 18.5. The number of amides is 1. The summed E-state index contributed by atoms with van der Waals surface area (Å²) in [5.41, 5.74) is 3.80. The number of hydrogen-bond acceptors (Lipinski definition) is 4. The molecule has 1 amide bonds. The van der Waals surface area contributed by atoms with Gasteiger partial charge in [-0.05, 0) is 48.5 Å². The van der Waals surface area contributed by atoms with Crippen LogP contribution < -0.4 is 15.5 Å². The minimum Gasteiger partial charge on any atom is -0.378 e. The maximum atomic E-state index is 12.5. The van der Waals surface area contributed by atoms with E-state index < -0.39 is 0 Å². The minimum absolute atomic E-state index is 0.218. The van der Waals surface area contributed by atoms with E-state index in [0.29, 0.717) is 16.3 Å². The summed E-state index contributed by atoms with van der Waals surface area (Å²) < 4.78 is 0. The lowest BCUT2D eigenvalue weighted by atomic mass is 10.2. The summed E-state index contributed by atoms with van der Waals surface area (Å²) in [5.74, 6) is -0.218. The Morgan fingerprint density at radius 3 is 2.42 bits per heavy atom. The number of aromatic nitrogens is 1. The fraction of sp³-hybridized carbons (Fsp3) is 0.100. The van der Waals surface area contributed by atoms with Gasteiger partial charge in [0, 0.05) is 42.4 Å². The van der Waals surface area contributed by atoms with E-state index in [1.54, 1.807) is 24.4 Å². The molecule has 0 saturated heterocycles. The van der Waals surface area contributed by atoms with Gasteiger partial charge >= 0.3 is 0 Å². The van der Waals surface area contributed by atoms with Crippen LogP contribution in [0.2, 0.25) is 5.02 Å². The molecule has 0 aliphatic rings. The van der Waals surface area contributed by atoms with Gasteiger partial charge in [-0.15, -0.1) is 0 Å². The van der Waals surface area contributed by atoms with Crippen LogP contribution in [-0.4, -0.2) is 25.0 Å². The fourth-order valence-electron chi connectivity index (χ4n) is 2.41. The zero-order valence-corrected chi connectivity index (χ0v) is 15.3. The number of nitrogens with one attached hydrogen (secondary N) is 2. The van der Waals surface area contributed by atoms with Crippen LogP contribution >= 0.6 is 11.6 Å². The van der Waals surface area contributed by atoms with E-state index in [4.69, 9.17) is 11.6 Å². The number of benzene rings is 2. The molecule has 3 aromatic rings. The molecule has 132 valence electrons. The average molecular weight is 367 g/mol. The molecule has 1 aromatic heterocycles. The van der Waals surface area contributed by atoms with Gasteiger partial charge in [0.25, 0.3) is 5.91 Å². The number of carbonyl (C=O) groups is 1. The van der Waals surface area contributed by atoms with Gasteiger partial charge in [0.05, 0.1) is 17.4 Å². The first kappa shape index (κ1) is 17.8. The lowest BCUT2D eigenvalue weighted by Gasteiger charge is -2.13. The van der Waals surface area contributed by atoms with Gasteiger partial charge in [-0.25, -0.2) is 0 Å². The number of hydrogen-bond donors (Lipinski definition) is 2. The largest absolute Gasteiger partial charge is 0.378 e. The Morgan fingerprint density at radius 2 is 1.73 bits per heavy atom. The third-order valence-electron chi connectivity index (χ3n) is 3.76. The van der Waals surface area contributed by atoms with Gasteiger partial charge < -0.3 is 15.5 Å². The average Bonchev–Trinajstić information content (AvgIpc) is 2.62. The van der Waals surface area contributed by atoms with Crippen LogP contribution in [0.4, 0.5) is 22.7 Å². The summed E-state index contributed by atoms with van der Waals surface area (Å²) in [6.45, 7) is 0. The summed E-state index contributed by atoms with van der Waals surface area (Å²) in [6, 6.07) is 16.7. The Bertz CT molecular complexity index is 910. The maximum Gasteiger partial charge on any atom is 0.257 e. The standard InChI is InChI=1S/C20H19ClN4O/c1-25(2)19-8-6-16(7-9-19)24-20(26)14-10-18(13-22-12-14)23-17-5-3-4-15(21)11-17/h3-13,23H,1-2H3,(H,24,26). The third-order valence-corrected chi connectivity index (χ3v) is 3.99. The van der Waals surface area contributed by atoms with Crippen LogP contribution in [0.3, 0.4) is 0 Å². The van der Waals surface area contributed by atoms with E-state index in [9.17, 15) is 4.79 Å². The molecule has 0 aliphatic carbocycles. The van der Waals surface area contributed by atoms with E-state index in [2.05, 4.69) is 15.6 Å². The Labute approximate surface area is 157 Å². The van der Waals surface area contributed by atoms with Crippen molar-refractivity contribution in [3.63, 3.8) is 0 Å². The Hall–Kier alpha value is -3.05. The van der Waals surface area contributed by atoms with Crippen LogP contribution in [-0.2, 0) is 0 Å². The molecule has 0 saturated carbocycles. The first-order chi connectivity index (χ1) is 12.5. The Morgan fingerprint density at radius 1 is 0.962 bits per heavy atom. The Kier molecular flexibility index (Phi) is 5.39. The normalized spacial score (nSPS) is 10.3. The van der Waals surface area contributed by atoms with E-state index in [1.165, 1.54) is 6.20 Å². The van der Waals surface area contributed by atoms with Crippen molar-refractivity contribution in [2.45, 2.75) is 0 Å². The van der Waals surface area contributed by atoms with E-state index in [1.807, 2.05) is 55.4 Å². The molecular formula is C20H19ClN4O. The number of rotatable bonds is 5. The number of pyridine rings is 1. The van der Waals surface area contributed by atoms with Crippen LogP contribution in [0, 0.1) is 0 Å². The number of anilines is 4. The van der Waals surface area contributed by atoms with E-state index in [0.717, 1.165) is 17.1 Å². The molecular weight excluding hydrogens is 348 g/mol. The van der Waals surface area contributed by atoms with Gasteiger partial charge in [0.15, 0.2) is 0 Å². The molecule has 1 heterocycles. The molecule has 0 bridgehead atoms. The first-order valence-electron chi connectivity index (χ1n) is 8.07. The van der Waals surface area contributed by atoms with Crippen LogP contribution in [0.25, 0.3) is 0 Å². The number of halogens is 1. The van der Waals surface area contributed by atoms with E-state index >= 15 is 0 Å². The summed E-state index contributed by atoms with van der Waals surface area (Å²) in [7, 11) is 3.94. The molecule has 0 spiro atoms. The van der Waals surface area contributed by atoms with Crippen molar-refractivity contribution in [3.8, 4) is 0 Å². The summed E-state index contributed by atoms with van der Waals surface area (Å²) in [5, 5.41) is 6.71. The number of carbonyl (C=O) groups excluding carboxylic acids is 1. The molecule has 0 aliphatic heterocycles. The van der Waals surface area contributed by atoms with Crippen LogP contribution in [0.15, 0.2) is 67.0 Å². The van der Waals surface area contributed by atoms with E-state index in [-0.39, 0.29) is 5.91 Å². The highest BCUT2D eigenvalue weighted by Crippen LogP contribution is 2.21. The highest BCUT2D eigenvalue weighted by molar-refractivity contribution is 6.30. The van der Waals surface area contributed by atoms with Gasteiger partial charge in [0.2, 0.25) is 0 Å². The quantitative estimate of drug-likeness (QED) is 0.681. The van der Waals surface area contributed by atoms with Gasteiger partial charge in [-0.1, -0.05) is 17.7 Å². The second kappa shape index (κ2) is 7.89. The molecule has 0 unspecified atom stereocenters. The van der Waals surface area contributed by atoms with Crippen molar-refractivity contribution < 1.29 is 4.79 Å². The topological polar surface area (TPSA) is 57.3 Å². The summed E-state index contributed by atoms with van der Waals surface area (Å²) in [6.07, 6.45) is 3.19. The predicted molar refractivity (Wildman–Crippen MR) is 108 cm³/mol. The van der Waals surface area contributed by atoms with Gasteiger partial charge in [-0.3, -0.25) is 9.78 Å². The van der Waals surface area contributed by atoms with Crippen molar-refractivity contribution in [1.29, 1.82) is 0 Å². The highest BCUT2D eigenvalue weighted by Gasteiger charge is 2.08. The molecule has 0 atom stereocenters. The summed E-state index contributed by atoms with van der Waals surface area (Å²) in [4.78, 5) is 18.6.